The summed E-state index contributed by atoms with van der Waals surface area (Å²) in [6.07, 6.45) is 0. The fourth-order valence-electron chi connectivity index (χ4n) is 1.31. The lowest BCUT2D eigenvalue weighted by molar-refractivity contribution is -0.383. The number of hydrogen-bond donors (Lipinski definition) is 0. The van der Waals surface area contributed by atoms with E-state index in [1.54, 1.807) is 13.0 Å². The molecule has 0 saturated carbocycles. The fourth-order valence-corrected chi connectivity index (χ4v) is 2.58. The monoisotopic (exact) mass is 272 g/mol. The van der Waals surface area contributed by atoms with Crippen LogP contribution in [0.25, 0.3) is 10.1 Å². The van der Waals surface area contributed by atoms with Crippen LogP contribution in [-0.4, -0.2) is 9.30 Å². The highest BCUT2D eigenvalue weighted by molar-refractivity contribution is 9.10. The maximum Gasteiger partial charge on any atom is 0.294 e. The van der Waals surface area contributed by atoms with Gasteiger partial charge in [-0.3, -0.25) is 10.1 Å². The molecule has 0 aliphatic heterocycles. The van der Waals surface area contributed by atoms with Crippen LogP contribution >= 0.6 is 27.5 Å². The summed E-state index contributed by atoms with van der Waals surface area (Å²) >= 11 is 4.45. The summed E-state index contributed by atoms with van der Waals surface area (Å²) in [5, 5.41) is 11.5. The highest BCUT2D eigenvalue weighted by atomic mass is 79.9. The third kappa shape index (κ3) is 1.31. The van der Waals surface area contributed by atoms with Gasteiger partial charge in [-0.05, 0) is 46.5 Å². The van der Waals surface area contributed by atoms with Crippen molar-refractivity contribution in [2.75, 3.05) is 0 Å². The number of aryl methyl sites for hydroxylation is 1. The second-order valence-corrected chi connectivity index (χ2v) is 4.45. The van der Waals surface area contributed by atoms with Crippen molar-refractivity contribution in [1.82, 2.24) is 4.37 Å². The van der Waals surface area contributed by atoms with Gasteiger partial charge in [0.1, 0.15) is 0 Å². The zero-order valence-corrected chi connectivity index (χ0v) is 9.55. The Morgan fingerprint density at radius 2 is 2.29 bits per heavy atom. The smallest absolute Gasteiger partial charge is 0.258 e. The molecule has 0 bridgehead atoms. The van der Waals surface area contributed by atoms with Crippen LogP contribution in [0, 0.1) is 17.0 Å². The molecule has 0 saturated heterocycles. The first kappa shape index (κ1) is 9.54. The fraction of sp³-hybridized carbons (Fsp3) is 0.125. The van der Waals surface area contributed by atoms with Crippen molar-refractivity contribution in [3.8, 4) is 0 Å². The van der Waals surface area contributed by atoms with Gasteiger partial charge in [0.05, 0.1) is 25.2 Å². The molecule has 0 unspecified atom stereocenters. The molecule has 4 nitrogen and oxygen atoms in total. The number of nitrogens with zero attached hydrogens (tertiary/aromatic N) is 2. The predicted octanol–water partition coefficient (Wildman–Crippen LogP) is 3.28. The largest absolute Gasteiger partial charge is 0.294 e. The summed E-state index contributed by atoms with van der Waals surface area (Å²) in [7, 11) is 0. The summed E-state index contributed by atoms with van der Waals surface area (Å²) in [5.41, 5.74) is 0.812. The summed E-state index contributed by atoms with van der Waals surface area (Å²) in [6.45, 7) is 1.78. The molecule has 1 heterocycles. The molecule has 1 aromatic carbocycles. The zero-order chi connectivity index (χ0) is 10.3. The van der Waals surface area contributed by atoms with Crippen LogP contribution in [0.5, 0.6) is 0 Å². The number of aromatic nitrogens is 1. The number of rotatable bonds is 1. The molecule has 0 aliphatic rings. The van der Waals surface area contributed by atoms with Crippen LogP contribution in [0.4, 0.5) is 5.69 Å². The van der Waals surface area contributed by atoms with Crippen molar-refractivity contribution in [1.29, 1.82) is 0 Å². The van der Waals surface area contributed by atoms with Gasteiger partial charge in [-0.2, -0.15) is 4.37 Å². The van der Waals surface area contributed by atoms with E-state index in [-0.39, 0.29) is 10.6 Å². The van der Waals surface area contributed by atoms with Gasteiger partial charge in [0.25, 0.3) is 5.69 Å². The van der Waals surface area contributed by atoms with Crippen LogP contribution in [0.1, 0.15) is 5.69 Å². The predicted molar refractivity (Wildman–Crippen MR) is 58.7 cm³/mol. The van der Waals surface area contributed by atoms with E-state index in [9.17, 15) is 10.1 Å². The maximum atomic E-state index is 10.8. The molecule has 0 N–H and O–H groups in total. The summed E-state index contributed by atoms with van der Waals surface area (Å²) in [6, 6.07) is 3.51. The van der Waals surface area contributed by atoms with Crippen LogP contribution in [-0.2, 0) is 0 Å². The van der Waals surface area contributed by atoms with Crippen molar-refractivity contribution in [2.24, 2.45) is 0 Å². The third-order valence-corrected chi connectivity index (χ3v) is 3.46. The van der Waals surface area contributed by atoms with Gasteiger partial charge >= 0.3 is 0 Å². The molecule has 2 aromatic rings. The summed E-state index contributed by atoms with van der Waals surface area (Å²) in [5.74, 6) is 0. The lowest BCUT2D eigenvalue weighted by Crippen LogP contribution is -1.90. The average Bonchev–Trinajstić information content (AvgIpc) is 2.47. The highest BCUT2D eigenvalue weighted by Gasteiger charge is 2.20. The van der Waals surface area contributed by atoms with Crippen molar-refractivity contribution in [3.05, 3.63) is 32.4 Å². The van der Waals surface area contributed by atoms with Crippen molar-refractivity contribution in [2.45, 2.75) is 6.92 Å². The highest BCUT2D eigenvalue weighted by Crippen LogP contribution is 2.36. The minimum Gasteiger partial charge on any atom is -0.258 e. The molecule has 0 radical (unpaired) electrons. The Bertz CT molecular complexity index is 523. The van der Waals surface area contributed by atoms with Crippen molar-refractivity contribution < 1.29 is 4.92 Å². The van der Waals surface area contributed by atoms with E-state index in [4.69, 9.17) is 0 Å². The minimum absolute atomic E-state index is 0.105. The Morgan fingerprint density at radius 3 is 2.93 bits per heavy atom. The van der Waals surface area contributed by atoms with E-state index in [2.05, 4.69) is 20.3 Å². The molecule has 14 heavy (non-hydrogen) atoms. The summed E-state index contributed by atoms with van der Waals surface area (Å²) < 4.78 is 5.44. The van der Waals surface area contributed by atoms with Gasteiger partial charge in [0, 0.05) is 0 Å². The van der Waals surface area contributed by atoms with E-state index >= 15 is 0 Å². The molecule has 0 fully saturated rings. The molecular weight excluding hydrogens is 268 g/mol. The van der Waals surface area contributed by atoms with E-state index in [0.717, 1.165) is 4.70 Å². The standard InChI is InChI=1S/C8H5BrN2O2S/c1-4-7-6(14-10-4)3-2-5(9)8(7)11(12)13/h2-3H,1H3. The molecule has 0 atom stereocenters. The Hall–Kier alpha value is -1.01. The minimum atomic E-state index is -0.381. The lowest BCUT2D eigenvalue weighted by Gasteiger charge is -1.96. The van der Waals surface area contributed by atoms with Crippen molar-refractivity contribution >= 4 is 43.2 Å². The summed E-state index contributed by atoms with van der Waals surface area (Å²) in [4.78, 5) is 10.5. The van der Waals surface area contributed by atoms with Gasteiger partial charge < -0.3 is 0 Å². The van der Waals surface area contributed by atoms with Crippen molar-refractivity contribution in [3.63, 3.8) is 0 Å². The van der Waals surface area contributed by atoms with E-state index in [1.165, 1.54) is 11.5 Å². The van der Waals surface area contributed by atoms with Gasteiger partial charge in [-0.15, -0.1) is 0 Å². The zero-order valence-electron chi connectivity index (χ0n) is 7.15. The second kappa shape index (κ2) is 3.29. The van der Waals surface area contributed by atoms with Crippen LogP contribution in [0.2, 0.25) is 0 Å². The molecule has 0 amide bonds. The molecular formula is C8H5BrN2O2S. The molecule has 0 aliphatic carbocycles. The number of fused-ring (bicyclic) bond motifs is 1. The molecule has 1 aromatic heterocycles. The number of benzene rings is 1. The Kier molecular flexibility index (Phi) is 2.24. The van der Waals surface area contributed by atoms with E-state index in [0.29, 0.717) is 15.6 Å². The molecule has 72 valence electrons. The first-order chi connectivity index (χ1) is 6.61. The first-order valence-corrected chi connectivity index (χ1v) is 5.37. The molecule has 2 rings (SSSR count). The normalized spacial score (nSPS) is 10.7. The van der Waals surface area contributed by atoms with Crippen LogP contribution in [0.15, 0.2) is 16.6 Å². The van der Waals surface area contributed by atoms with Gasteiger partial charge in [-0.25, -0.2) is 0 Å². The first-order valence-electron chi connectivity index (χ1n) is 3.80. The quantitative estimate of drug-likeness (QED) is 0.591. The Balaban J connectivity index is 2.94. The van der Waals surface area contributed by atoms with Crippen LogP contribution < -0.4 is 0 Å². The third-order valence-electron chi connectivity index (χ3n) is 1.92. The topological polar surface area (TPSA) is 56.0 Å². The number of hydrogen-bond acceptors (Lipinski definition) is 4. The average molecular weight is 273 g/mol. The molecule has 6 heteroatoms. The number of nitro groups is 1. The Labute approximate surface area is 92.0 Å². The van der Waals surface area contributed by atoms with Crippen LogP contribution in [0.3, 0.4) is 0 Å². The number of nitro benzene ring substituents is 1. The van der Waals surface area contributed by atoms with Gasteiger partial charge in [0.2, 0.25) is 0 Å². The van der Waals surface area contributed by atoms with E-state index in [1.807, 2.05) is 6.07 Å². The Morgan fingerprint density at radius 1 is 1.57 bits per heavy atom. The maximum absolute atomic E-state index is 10.8. The molecule has 0 spiro atoms. The van der Waals surface area contributed by atoms with Gasteiger partial charge in [0.15, 0.2) is 0 Å². The van der Waals surface area contributed by atoms with E-state index < -0.39 is 0 Å². The number of halogens is 1. The SMILES string of the molecule is Cc1nsc2ccc(Br)c([N+](=O)[O-])c12. The second-order valence-electron chi connectivity index (χ2n) is 2.79. The lowest BCUT2D eigenvalue weighted by atomic mass is 10.2. The van der Waals surface area contributed by atoms with Gasteiger partial charge in [-0.1, -0.05) is 0 Å².